The highest BCUT2D eigenvalue weighted by Gasteiger charge is 2.39. The molecule has 0 saturated carbocycles. The fourth-order valence-corrected chi connectivity index (χ4v) is 2.36. The van der Waals surface area contributed by atoms with Gasteiger partial charge >= 0.3 is 0 Å². The molecule has 1 aromatic rings. The standard InChI is InChI=1S/C18H24O3/c1-17(2,3)10-11-18(4,15-8-6-5-7-9-15)16(21)14(12-19)13-20/h5-9,12-14H,10-11H2,1-4H3/t18-/m1/s1. The predicted octanol–water partition coefficient (Wildman–Crippen LogP) is 3.35. The van der Waals surface area contributed by atoms with E-state index < -0.39 is 11.3 Å². The van der Waals surface area contributed by atoms with E-state index in [9.17, 15) is 14.4 Å². The molecule has 3 heteroatoms. The molecule has 1 atom stereocenters. The number of hydrogen-bond donors (Lipinski definition) is 0. The van der Waals surface area contributed by atoms with Gasteiger partial charge in [-0.2, -0.15) is 0 Å². The Morgan fingerprint density at radius 2 is 1.52 bits per heavy atom. The normalized spacial score (nSPS) is 14.5. The van der Waals surface area contributed by atoms with Crippen LogP contribution in [0.4, 0.5) is 0 Å². The van der Waals surface area contributed by atoms with Crippen molar-refractivity contribution in [3.63, 3.8) is 0 Å². The number of carbonyl (C=O) groups is 3. The van der Waals surface area contributed by atoms with Gasteiger partial charge in [-0.25, -0.2) is 0 Å². The summed E-state index contributed by atoms with van der Waals surface area (Å²) in [6, 6.07) is 9.39. The monoisotopic (exact) mass is 288 g/mol. The Kier molecular flexibility index (Phi) is 5.59. The van der Waals surface area contributed by atoms with Gasteiger partial charge in [0.05, 0.1) is 5.41 Å². The third kappa shape index (κ3) is 4.35. The summed E-state index contributed by atoms with van der Waals surface area (Å²) in [6.45, 7) is 8.16. The first kappa shape index (κ1) is 17.3. The number of aldehydes is 2. The van der Waals surface area contributed by atoms with Crippen LogP contribution in [-0.2, 0) is 19.8 Å². The van der Waals surface area contributed by atoms with Crippen LogP contribution in [0.5, 0.6) is 0 Å². The average Bonchev–Trinajstić information content (AvgIpc) is 2.46. The lowest BCUT2D eigenvalue weighted by Gasteiger charge is -2.32. The summed E-state index contributed by atoms with van der Waals surface area (Å²) in [5.41, 5.74) is 0.114. The van der Waals surface area contributed by atoms with E-state index in [1.807, 2.05) is 37.3 Å². The van der Waals surface area contributed by atoms with Gasteiger partial charge in [0, 0.05) is 0 Å². The van der Waals surface area contributed by atoms with Crippen molar-refractivity contribution >= 4 is 18.4 Å². The summed E-state index contributed by atoms with van der Waals surface area (Å²) < 4.78 is 0. The largest absolute Gasteiger partial charge is 0.302 e. The molecule has 0 aliphatic rings. The summed E-state index contributed by atoms with van der Waals surface area (Å²) in [6.07, 6.45) is 2.31. The van der Waals surface area contributed by atoms with Gasteiger partial charge in [-0.3, -0.25) is 4.79 Å². The highest BCUT2D eigenvalue weighted by atomic mass is 16.2. The summed E-state index contributed by atoms with van der Waals surface area (Å²) in [4.78, 5) is 34.7. The Morgan fingerprint density at radius 1 is 1.00 bits per heavy atom. The second-order valence-electron chi connectivity index (χ2n) is 6.92. The van der Waals surface area contributed by atoms with Crippen molar-refractivity contribution in [2.45, 2.75) is 46.0 Å². The van der Waals surface area contributed by atoms with E-state index in [2.05, 4.69) is 20.8 Å². The Bertz CT molecular complexity index is 491. The molecule has 1 rings (SSSR count). The summed E-state index contributed by atoms with van der Waals surface area (Å²) in [5, 5.41) is 0. The van der Waals surface area contributed by atoms with Crippen LogP contribution in [0.25, 0.3) is 0 Å². The van der Waals surface area contributed by atoms with E-state index in [1.54, 1.807) is 0 Å². The zero-order valence-electron chi connectivity index (χ0n) is 13.3. The average molecular weight is 288 g/mol. The summed E-state index contributed by atoms with van der Waals surface area (Å²) >= 11 is 0. The van der Waals surface area contributed by atoms with Crippen molar-refractivity contribution in [3.8, 4) is 0 Å². The van der Waals surface area contributed by atoms with E-state index >= 15 is 0 Å². The zero-order chi connectivity index (χ0) is 16.1. The first-order valence-electron chi connectivity index (χ1n) is 7.25. The molecule has 0 heterocycles. The molecule has 3 nitrogen and oxygen atoms in total. The maximum atomic E-state index is 12.7. The number of ketones is 1. The van der Waals surface area contributed by atoms with Crippen LogP contribution in [-0.4, -0.2) is 18.4 Å². The van der Waals surface area contributed by atoms with Gasteiger partial charge in [-0.1, -0.05) is 51.1 Å². The molecule has 21 heavy (non-hydrogen) atoms. The quantitative estimate of drug-likeness (QED) is 0.571. The summed E-state index contributed by atoms with van der Waals surface area (Å²) in [7, 11) is 0. The van der Waals surface area contributed by atoms with Gasteiger partial charge in [0.1, 0.15) is 18.5 Å². The van der Waals surface area contributed by atoms with E-state index in [4.69, 9.17) is 0 Å². The minimum atomic E-state index is -1.19. The van der Waals surface area contributed by atoms with Crippen LogP contribution in [0.15, 0.2) is 30.3 Å². The Labute approximate surface area is 126 Å². The lowest BCUT2D eigenvalue weighted by atomic mass is 9.69. The molecule has 0 saturated heterocycles. The first-order valence-corrected chi connectivity index (χ1v) is 7.25. The van der Waals surface area contributed by atoms with Crippen LogP contribution >= 0.6 is 0 Å². The van der Waals surface area contributed by atoms with Gasteiger partial charge in [0.2, 0.25) is 0 Å². The maximum absolute atomic E-state index is 12.7. The van der Waals surface area contributed by atoms with Crippen LogP contribution in [0.1, 0.15) is 46.1 Å². The molecule has 0 radical (unpaired) electrons. The van der Waals surface area contributed by atoms with Crippen molar-refractivity contribution in [1.29, 1.82) is 0 Å². The number of carbonyl (C=O) groups excluding carboxylic acids is 3. The lowest BCUT2D eigenvalue weighted by Crippen LogP contribution is -2.39. The topological polar surface area (TPSA) is 51.2 Å². The molecule has 0 aliphatic carbocycles. The van der Waals surface area contributed by atoms with Gasteiger partial charge in [-0.15, -0.1) is 0 Å². The van der Waals surface area contributed by atoms with Crippen molar-refractivity contribution in [2.24, 2.45) is 11.3 Å². The number of rotatable bonds is 7. The second kappa shape index (κ2) is 6.79. The minimum absolute atomic E-state index is 0.0776. The molecule has 0 bridgehead atoms. The van der Waals surface area contributed by atoms with E-state index in [0.717, 1.165) is 12.0 Å². The number of hydrogen-bond acceptors (Lipinski definition) is 3. The van der Waals surface area contributed by atoms with Gasteiger partial charge in [-0.05, 0) is 30.7 Å². The molecule has 0 N–H and O–H groups in total. The smallest absolute Gasteiger partial charge is 0.160 e. The van der Waals surface area contributed by atoms with Crippen molar-refractivity contribution in [3.05, 3.63) is 35.9 Å². The first-order chi connectivity index (χ1) is 9.74. The van der Waals surface area contributed by atoms with E-state index in [0.29, 0.717) is 19.0 Å². The molecule has 0 amide bonds. The van der Waals surface area contributed by atoms with E-state index in [1.165, 1.54) is 0 Å². The van der Waals surface area contributed by atoms with Crippen LogP contribution in [0, 0.1) is 11.3 Å². The molecule has 0 aliphatic heterocycles. The van der Waals surface area contributed by atoms with Gasteiger partial charge < -0.3 is 9.59 Å². The van der Waals surface area contributed by atoms with Crippen LogP contribution < -0.4 is 0 Å². The third-order valence-electron chi connectivity index (χ3n) is 3.93. The molecule has 114 valence electrons. The van der Waals surface area contributed by atoms with Crippen molar-refractivity contribution < 1.29 is 14.4 Å². The number of benzene rings is 1. The van der Waals surface area contributed by atoms with Crippen LogP contribution in [0.3, 0.4) is 0 Å². The molecule has 1 aromatic carbocycles. The Hall–Kier alpha value is -1.77. The maximum Gasteiger partial charge on any atom is 0.160 e. The molecule has 0 fully saturated rings. The zero-order valence-corrected chi connectivity index (χ0v) is 13.3. The van der Waals surface area contributed by atoms with Crippen molar-refractivity contribution in [2.75, 3.05) is 0 Å². The van der Waals surface area contributed by atoms with Crippen molar-refractivity contribution in [1.82, 2.24) is 0 Å². The summed E-state index contributed by atoms with van der Waals surface area (Å²) in [5.74, 6) is -1.50. The second-order valence-corrected chi connectivity index (χ2v) is 6.92. The van der Waals surface area contributed by atoms with Crippen LogP contribution in [0.2, 0.25) is 0 Å². The predicted molar refractivity (Wildman–Crippen MR) is 83.1 cm³/mol. The molecular weight excluding hydrogens is 264 g/mol. The SMILES string of the molecule is CC(C)(C)CC[C@@](C)(C(=O)C(C=O)C=O)c1ccccc1. The molecular formula is C18H24O3. The molecule has 0 unspecified atom stereocenters. The fraction of sp³-hybridized carbons (Fsp3) is 0.500. The van der Waals surface area contributed by atoms with Gasteiger partial charge in [0.25, 0.3) is 0 Å². The minimum Gasteiger partial charge on any atom is -0.302 e. The van der Waals surface area contributed by atoms with E-state index in [-0.39, 0.29) is 11.2 Å². The Morgan fingerprint density at radius 3 is 1.95 bits per heavy atom. The lowest BCUT2D eigenvalue weighted by molar-refractivity contribution is -0.135. The highest BCUT2D eigenvalue weighted by molar-refractivity contribution is 6.10. The Balaban J connectivity index is 3.19. The number of Topliss-reactive ketones (excluding diaryl/α,β-unsaturated/α-hetero) is 1. The highest BCUT2D eigenvalue weighted by Crippen LogP contribution is 2.36. The fourth-order valence-electron chi connectivity index (χ4n) is 2.36. The molecule has 0 spiro atoms. The molecule has 0 aromatic heterocycles. The van der Waals surface area contributed by atoms with Gasteiger partial charge in [0.15, 0.2) is 5.78 Å². The third-order valence-corrected chi connectivity index (χ3v) is 3.93.